The lowest BCUT2D eigenvalue weighted by Crippen LogP contribution is -2.08. The molecule has 0 unspecified atom stereocenters. The molecule has 0 bridgehead atoms. The SMILES string of the molecule is CC(C)Oc1cncc(C(=O)Cc2cc(F)cc(F)c2)c1. The molecule has 0 aliphatic carbocycles. The number of ether oxygens (including phenoxy) is 1. The number of hydrogen-bond acceptors (Lipinski definition) is 3. The van der Waals surface area contributed by atoms with E-state index in [9.17, 15) is 13.6 Å². The first-order valence-electron chi connectivity index (χ1n) is 6.54. The van der Waals surface area contributed by atoms with Gasteiger partial charge in [-0.15, -0.1) is 0 Å². The number of carbonyl (C=O) groups excluding carboxylic acids is 1. The Morgan fingerprint density at radius 1 is 1.14 bits per heavy atom. The number of pyridine rings is 1. The smallest absolute Gasteiger partial charge is 0.168 e. The first kappa shape index (κ1) is 15.1. The van der Waals surface area contributed by atoms with Crippen molar-refractivity contribution in [2.24, 2.45) is 0 Å². The number of Topliss-reactive ketones (excluding diaryl/α,β-unsaturated/α-hetero) is 1. The van der Waals surface area contributed by atoms with Crippen LogP contribution in [0.2, 0.25) is 0 Å². The number of nitrogens with zero attached hydrogens (tertiary/aromatic N) is 1. The lowest BCUT2D eigenvalue weighted by atomic mass is 10.0. The van der Waals surface area contributed by atoms with E-state index in [4.69, 9.17) is 4.74 Å². The molecule has 0 amide bonds. The molecule has 2 aromatic rings. The van der Waals surface area contributed by atoms with Gasteiger partial charge in [-0.2, -0.15) is 0 Å². The molecule has 0 fully saturated rings. The summed E-state index contributed by atoms with van der Waals surface area (Å²) in [6.07, 6.45) is 2.79. The van der Waals surface area contributed by atoms with E-state index in [1.165, 1.54) is 12.4 Å². The van der Waals surface area contributed by atoms with E-state index in [1.54, 1.807) is 6.07 Å². The maximum atomic E-state index is 13.1. The standard InChI is InChI=1S/C16H15F2NO2/c1-10(2)21-15-6-12(8-19-9-15)16(20)5-11-3-13(17)7-14(18)4-11/h3-4,6-10H,5H2,1-2H3. The van der Waals surface area contributed by atoms with Gasteiger partial charge < -0.3 is 4.74 Å². The third-order valence-electron chi connectivity index (χ3n) is 2.69. The summed E-state index contributed by atoms with van der Waals surface area (Å²) in [5.74, 6) is -1.19. The minimum Gasteiger partial charge on any atom is -0.489 e. The van der Waals surface area contributed by atoms with Gasteiger partial charge >= 0.3 is 0 Å². The topological polar surface area (TPSA) is 39.2 Å². The van der Waals surface area contributed by atoms with Crippen molar-refractivity contribution < 1.29 is 18.3 Å². The van der Waals surface area contributed by atoms with Crippen molar-refractivity contribution in [3.8, 4) is 5.75 Å². The number of halogens is 2. The second-order valence-electron chi connectivity index (χ2n) is 4.95. The number of rotatable bonds is 5. The Balaban J connectivity index is 2.16. The van der Waals surface area contributed by atoms with Crippen LogP contribution in [0.3, 0.4) is 0 Å². The number of carbonyl (C=O) groups is 1. The fourth-order valence-corrected chi connectivity index (χ4v) is 1.91. The Bertz CT molecular complexity index is 636. The van der Waals surface area contributed by atoms with E-state index in [-0.39, 0.29) is 23.9 Å². The van der Waals surface area contributed by atoms with Crippen LogP contribution in [-0.2, 0) is 6.42 Å². The molecule has 0 aliphatic heterocycles. The second kappa shape index (κ2) is 6.43. The van der Waals surface area contributed by atoms with Gasteiger partial charge in [0, 0.05) is 24.2 Å². The zero-order valence-electron chi connectivity index (χ0n) is 11.8. The van der Waals surface area contributed by atoms with Crippen LogP contribution in [0.15, 0.2) is 36.7 Å². The molecule has 1 aromatic heterocycles. The van der Waals surface area contributed by atoms with Gasteiger partial charge in [-0.3, -0.25) is 9.78 Å². The number of aromatic nitrogens is 1. The molecule has 0 radical (unpaired) electrons. The summed E-state index contributed by atoms with van der Waals surface area (Å²) in [7, 11) is 0. The summed E-state index contributed by atoms with van der Waals surface area (Å²) in [5.41, 5.74) is 0.630. The van der Waals surface area contributed by atoms with E-state index in [0.29, 0.717) is 11.3 Å². The molecule has 1 heterocycles. The van der Waals surface area contributed by atoms with Gasteiger partial charge in [0.25, 0.3) is 0 Å². The van der Waals surface area contributed by atoms with Gasteiger partial charge in [0.2, 0.25) is 0 Å². The molecular weight excluding hydrogens is 276 g/mol. The summed E-state index contributed by atoms with van der Waals surface area (Å²) >= 11 is 0. The summed E-state index contributed by atoms with van der Waals surface area (Å²) in [5, 5.41) is 0. The monoisotopic (exact) mass is 291 g/mol. The number of ketones is 1. The van der Waals surface area contributed by atoms with Crippen molar-refractivity contribution >= 4 is 5.78 Å². The van der Waals surface area contributed by atoms with Gasteiger partial charge in [-0.1, -0.05) is 0 Å². The molecule has 2 rings (SSSR count). The van der Waals surface area contributed by atoms with Gasteiger partial charge in [-0.05, 0) is 37.6 Å². The maximum absolute atomic E-state index is 13.1. The molecule has 110 valence electrons. The van der Waals surface area contributed by atoms with Crippen molar-refractivity contribution in [1.82, 2.24) is 4.98 Å². The Kier molecular flexibility index (Phi) is 4.62. The van der Waals surface area contributed by atoms with Crippen LogP contribution >= 0.6 is 0 Å². The minimum atomic E-state index is -0.701. The van der Waals surface area contributed by atoms with E-state index in [2.05, 4.69) is 4.98 Å². The summed E-state index contributed by atoms with van der Waals surface area (Å²) in [6, 6.07) is 4.63. The highest BCUT2D eigenvalue weighted by molar-refractivity contribution is 5.97. The van der Waals surface area contributed by atoms with Crippen LogP contribution in [0.1, 0.15) is 29.8 Å². The third-order valence-corrected chi connectivity index (χ3v) is 2.69. The third kappa shape index (κ3) is 4.34. The number of hydrogen-bond donors (Lipinski definition) is 0. The van der Waals surface area contributed by atoms with Crippen LogP contribution in [-0.4, -0.2) is 16.9 Å². The average Bonchev–Trinajstić information content (AvgIpc) is 2.36. The fraction of sp³-hybridized carbons (Fsp3) is 0.250. The van der Waals surface area contributed by atoms with Crippen LogP contribution in [0.4, 0.5) is 8.78 Å². The zero-order valence-corrected chi connectivity index (χ0v) is 11.8. The summed E-state index contributed by atoms with van der Waals surface area (Å²) in [4.78, 5) is 16.1. The predicted octanol–water partition coefficient (Wildman–Crippen LogP) is 3.57. The van der Waals surface area contributed by atoms with E-state index < -0.39 is 11.6 Å². The lowest BCUT2D eigenvalue weighted by Gasteiger charge is -2.10. The highest BCUT2D eigenvalue weighted by atomic mass is 19.1. The number of benzene rings is 1. The molecule has 0 saturated heterocycles. The molecule has 0 saturated carbocycles. The van der Waals surface area contributed by atoms with Crippen LogP contribution in [0, 0.1) is 11.6 Å². The second-order valence-corrected chi connectivity index (χ2v) is 4.95. The minimum absolute atomic E-state index is 0.0329. The van der Waals surface area contributed by atoms with E-state index in [1.807, 2.05) is 13.8 Å². The van der Waals surface area contributed by atoms with Gasteiger partial charge in [0.1, 0.15) is 17.4 Å². The molecule has 21 heavy (non-hydrogen) atoms. The van der Waals surface area contributed by atoms with Crippen molar-refractivity contribution in [3.63, 3.8) is 0 Å². The molecule has 0 atom stereocenters. The molecule has 5 heteroatoms. The quantitative estimate of drug-likeness (QED) is 0.790. The molecule has 0 N–H and O–H groups in total. The molecule has 1 aromatic carbocycles. The van der Waals surface area contributed by atoms with Crippen molar-refractivity contribution in [1.29, 1.82) is 0 Å². The lowest BCUT2D eigenvalue weighted by molar-refractivity contribution is 0.0991. The van der Waals surface area contributed by atoms with Gasteiger partial charge in [0.05, 0.1) is 12.3 Å². The van der Waals surface area contributed by atoms with Gasteiger partial charge in [-0.25, -0.2) is 8.78 Å². The van der Waals surface area contributed by atoms with E-state index in [0.717, 1.165) is 18.2 Å². The first-order valence-corrected chi connectivity index (χ1v) is 6.54. The van der Waals surface area contributed by atoms with Crippen LogP contribution < -0.4 is 4.74 Å². The van der Waals surface area contributed by atoms with Crippen LogP contribution in [0.5, 0.6) is 5.75 Å². The largest absolute Gasteiger partial charge is 0.489 e. The fourth-order valence-electron chi connectivity index (χ4n) is 1.91. The van der Waals surface area contributed by atoms with Crippen LogP contribution in [0.25, 0.3) is 0 Å². The highest BCUT2D eigenvalue weighted by Gasteiger charge is 2.11. The first-order chi connectivity index (χ1) is 9.94. The molecule has 3 nitrogen and oxygen atoms in total. The Morgan fingerprint density at radius 3 is 2.43 bits per heavy atom. The zero-order chi connectivity index (χ0) is 15.4. The highest BCUT2D eigenvalue weighted by Crippen LogP contribution is 2.16. The van der Waals surface area contributed by atoms with Crippen molar-refractivity contribution in [2.45, 2.75) is 26.4 Å². The Morgan fingerprint density at radius 2 is 1.81 bits per heavy atom. The van der Waals surface area contributed by atoms with Gasteiger partial charge in [0.15, 0.2) is 5.78 Å². The Labute approximate surface area is 121 Å². The maximum Gasteiger partial charge on any atom is 0.168 e. The molecule has 0 spiro atoms. The summed E-state index contributed by atoms with van der Waals surface area (Å²) < 4.78 is 31.7. The Hall–Kier alpha value is -2.30. The molecular formula is C16H15F2NO2. The van der Waals surface area contributed by atoms with Crippen molar-refractivity contribution in [2.75, 3.05) is 0 Å². The summed E-state index contributed by atoms with van der Waals surface area (Å²) in [6.45, 7) is 3.73. The van der Waals surface area contributed by atoms with Crippen molar-refractivity contribution in [3.05, 3.63) is 59.4 Å². The average molecular weight is 291 g/mol. The normalized spacial score (nSPS) is 10.7. The predicted molar refractivity (Wildman–Crippen MR) is 74.4 cm³/mol. The molecule has 0 aliphatic rings. The van der Waals surface area contributed by atoms with E-state index >= 15 is 0 Å².